The Hall–Kier alpha value is -3.48. The van der Waals surface area contributed by atoms with Crippen LogP contribution in [0.2, 0.25) is 0 Å². The number of carbonyl (C=O) groups is 1. The van der Waals surface area contributed by atoms with Crippen LogP contribution in [0.1, 0.15) is 18.4 Å². The van der Waals surface area contributed by atoms with Crippen molar-refractivity contribution >= 4 is 27.8 Å². The smallest absolute Gasteiger partial charge is 0.387 e. The molecule has 0 unspecified atom stereocenters. The Bertz CT molecular complexity index is 1230. The molecule has 5 rings (SSSR count). The second kappa shape index (κ2) is 7.40. The van der Waals surface area contributed by atoms with Gasteiger partial charge in [0, 0.05) is 42.7 Å². The number of likely N-dealkylation sites (tertiary alicyclic amines) is 1. The number of ether oxygens (including phenoxy) is 1. The average molecular weight is 408 g/mol. The fraction of sp³-hybridized carbons (Fsp3) is 0.217. The van der Waals surface area contributed by atoms with Gasteiger partial charge in [0.1, 0.15) is 5.58 Å². The normalized spacial score (nSPS) is 14.4. The molecule has 30 heavy (non-hydrogen) atoms. The van der Waals surface area contributed by atoms with E-state index < -0.39 is 6.61 Å². The Balaban J connectivity index is 1.57. The molecule has 0 bridgehead atoms. The molecule has 1 aliphatic rings. The first-order valence-electron chi connectivity index (χ1n) is 9.71. The van der Waals surface area contributed by atoms with E-state index in [0.29, 0.717) is 23.9 Å². The highest BCUT2D eigenvalue weighted by Crippen LogP contribution is 2.41. The molecule has 1 saturated heterocycles. The molecule has 0 atom stereocenters. The van der Waals surface area contributed by atoms with E-state index in [1.807, 2.05) is 29.2 Å². The predicted octanol–water partition coefficient (Wildman–Crippen LogP) is 5.37. The minimum Gasteiger partial charge on any atom is -0.452 e. The summed E-state index contributed by atoms with van der Waals surface area (Å²) in [6.45, 7) is -1.56. The van der Waals surface area contributed by atoms with Crippen molar-refractivity contribution in [2.45, 2.75) is 26.0 Å². The zero-order valence-electron chi connectivity index (χ0n) is 16.0. The second-order valence-corrected chi connectivity index (χ2v) is 7.28. The summed E-state index contributed by atoms with van der Waals surface area (Å²) in [5.74, 6) is 0.178. The van der Waals surface area contributed by atoms with Gasteiger partial charge in [-0.05, 0) is 41.3 Å². The molecule has 0 N–H and O–H groups in total. The molecule has 2 aromatic carbocycles. The van der Waals surface area contributed by atoms with Crippen molar-refractivity contribution in [3.05, 3.63) is 60.4 Å². The van der Waals surface area contributed by atoms with Crippen molar-refractivity contribution in [3.8, 4) is 16.9 Å². The molecule has 0 radical (unpaired) electrons. The number of hydrogen-bond donors (Lipinski definition) is 0. The fourth-order valence-corrected chi connectivity index (χ4v) is 4.01. The zero-order valence-corrected chi connectivity index (χ0v) is 16.0. The number of aromatic nitrogens is 1. The molecule has 1 amide bonds. The molecule has 0 spiro atoms. The van der Waals surface area contributed by atoms with Crippen LogP contribution in [0.15, 0.2) is 59.3 Å². The summed E-state index contributed by atoms with van der Waals surface area (Å²) in [6, 6.07) is 12.8. The van der Waals surface area contributed by atoms with Gasteiger partial charge in [0.25, 0.3) is 0 Å². The lowest BCUT2D eigenvalue weighted by molar-refractivity contribution is -0.128. The lowest BCUT2D eigenvalue weighted by Crippen LogP contribution is -2.23. The van der Waals surface area contributed by atoms with Crippen LogP contribution >= 0.6 is 0 Å². The van der Waals surface area contributed by atoms with Gasteiger partial charge in [0.2, 0.25) is 5.91 Å². The van der Waals surface area contributed by atoms with E-state index in [9.17, 15) is 13.6 Å². The lowest BCUT2D eigenvalue weighted by atomic mass is 9.98. The molecule has 7 heteroatoms. The lowest BCUT2D eigenvalue weighted by Gasteiger charge is -2.16. The predicted molar refractivity (Wildman–Crippen MR) is 108 cm³/mol. The van der Waals surface area contributed by atoms with E-state index in [-0.39, 0.29) is 17.2 Å². The second-order valence-electron chi connectivity index (χ2n) is 7.28. The van der Waals surface area contributed by atoms with Gasteiger partial charge >= 0.3 is 6.61 Å². The largest absolute Gasteiger partial charge is 0.452 e. The van der Waals surface area contributed by atoms with E-state index in [2.05, 4.69) is 9.72 Å². The van der Waals surface area contributed by atoms with Gasteiger partial charge in [-0.2, -0.15) is 8.78 Å². The summed E-state index contributed by atoms with van der Waals surface area (Å²) in [5, 5.41) is 1.41. The Morgan fingerprint density at radius 2 is 1.97 bits per heavy atom. The molecule has 2 aromatic heterocycles. The summed E-state index contributed by atoms with van der Waals surface area (Å²) >= 11 is 0. The van der Waals surface area contributed by atoms with Crippen molar-refractivity contribution in [3.63, 3.8) is 0 Å². The molecule has 3 heterocycles. The first-order valence-corrected chi connectivity index (χ1v) is 9.71. The third-order valence-corrected chi connectivity index (χ3v) is 5.41. The molecule has 0 saturated carbocycles. The Morgan fingerprint density at radius 3 is 2.70 bits per heavy atom. The number of nitrogens with zero attached hydrogens (tertiary/aromatic N) is 2. The highest BCUT2D eigenvalue weighted by Gasteiger charge is 2.21. The zero-order chi connectivity index (χ0) is 20.7. The van der Waals surface area contributed by atoms with Crippen molar-refractivity contribution in [1.82, 2.24) is 9.88 Å². The topological polar surface area (TPSA) is 55.6 Å². The van der Waals surface area contributed by atoms with Gasteiger partial charge in [-0.1, -0.05) is 24.3 Å². The van der Waals surface area contributed by atoms with E-state index >= 15 is 0 Å². The number of fused-ring (bicyclic) bond motifs is 3. The maximum atomic E-state index is 12.9. The van der Waals surface area contributed by atoms with Crippen LogP contribution in [-0.4, -0.2) is 28.9 Å². The minimum atomic E-state index is -2.95. The van der Waals surface area contributed by atoms with Crippen LogP contribution in [-0.2, 0) is 11.3 Å². The van der Waals surface area contributed by atoms with Crippen molar-refractivity contribution in [2.75, 3.05) is 6.54 Å². The average Bonchev–Trinajstić information content (AvgIpc) is 3.33. The van der Waals surface area contributed by atoms with Crippen LogP contribution in [0.3, 0.4) is 0 Å². The molecule has 5 nitrogen and oxygen atoms in total. The number of rotatable bonds is 5. The van der Waals surface area contributed by atoms with Gasteiger partial charge in [0.15, 0.2) is 11.3 Å². The van der Waals surface area contributed by atoms with Crippen molar-refractivity contribution in [1.29, 1.82) is 0 Å². The van der Waals surface area contributed by atoms with Gasteiger partial charge in [0.05, 0.1) is 0 Å². The van der Waals surface area contributed by atoms with Crippen molar-refractivity contribution < 1.29 is 22.7 Å². The molecular weight excluding hydrogens is 390 g/mol. The van der Waals surface area contributed by atoms with Gasteiger partial charge in [-0.25, -0.2) is 0 Å². The summed E-state index contributed by atoms with van der Waals surface area (Å²) < 4.78 is 36.2. The maximum Gasteiger partial charge on any atom is 0.387 e. The number of alkyl halides is 2. The number of benzene rings is 2. The standard InChI is InChI=1S/C23H18F2N2O3/c24-23(25)30-19-8-7-16(21-17-12-26-10-9-18(17)29-22(19)21)15-5-3-14(4-6-15)13-27-11-1-2-20(27)28/h3-10,12,23H,1-2,11,13H2. The third-order valence-electron chi connectivity index (χ3n) is 5.41. The van der Waals surface area contributed by atoms with Crippen LogP contribution in [0.25, 0.3) is 33.1 Å². The Morgan fingerprint density at radius 1 is 1.13 bits per heavy atom. The van der Waals surface area contributed by atoms with Crippen LogP contribution in [0.4, 0.5) is 8.78 Å². The third kappa shape index (κ3) is 3.26. The maximum absolute atomic E-state index is 12.9. The summed E-state index contributed by atoms with van der Waals surface area (Å²) in [6.07, 6.45) is 4.77. The minimum absolute atomic E-state index is 0.0101. The molecule has 1 fully saturated rings. The number of amides is 1. The van der Waals surface area contributed by atoms with Gasteiger partial charge in [-0.3, -0.25) is 9.78 Å². The van der Waals surface area contributed by atoms with Gasteiger partial charge in [-0.15, -0.1) is 0 Å². The first-order chi connectivity index (χ1) is 14.6. The highest BCUT2D eigenvalue weighted by atomic mass is 19.3. The number of halogens is 2. The van der Waals surface area contributed by atoms with E-state index in [1.54, 1.807) is 24.5 Å². The van der Waals surface area contributed by atoms with Crippen molar-refractivity contribution in [2.24, 2.45) is 0 Å². The number of pyridine rings is 1. The Labute approximate surface area is 170 Å². The highest BCUT2D eigenvalue weighted by molar-refractivity contribution is 6.13. The monoisotopic (exact) mass is 408 g/mol. The number of carbonyl (C=O) groups excluding carboxylic acids is 1. The quantitative estimate of drug-likeness (QED) is 0.445. The van der Waals surface area contributed by atoms with E-state index in [4.69, 9.17) is 4.42 Å². The molecule has 0 aliphatic carbocycles. The molecule has 4 aromatic rings. The first kappa shape index (κ1) is 18.5. The van der Waals surface area contributed by atoms with Gasteiger partial charge < -0.3 is 14.1 Å². The van der Waals surface area contributed by atoms with E-state index in [0.717, 1.165) is 35.0 Å². The van der Waals surface area contributed by atoms with E-state index in [1.165, 1.54) is 6.07 Å². The molecule has 1 aliphatic heterocycles. The molecule has 152 valence electrons. The summed E-state index contributed by atoms with van der Waals surface area (Å²) in [7, 11) is 0. The van der Waals surface area contributed by atoms with Crippen LogP contribution in [0.5, 0.6) is 5.75 Å². The summed E-state index contributed by atoms with van der Waals surface area (Å²) in [5.41, 5.74) is 3.61. The number of hydrogen-bond acceptors (Lipinski definition) is 4. The van der Waals surface area contributed by atoms with Crippen LogP contribution < -0.4 is 4.74 Å². The Kier molecular flexibility index (Phi) is 4.58. The number of furan rings is 1. The molecular formula is C23H18F2N2O3. The fourth-order valence-electron chi connectivity index (χ4n) is 4.01. The SMILES string of the molecule is O=C1CCCN1Cc1ccc(-c2ccc(OC(F)F)c3oc4ccncc4c23)cc1. The summed E-state index contributed by atoms with van der Waals surface area (Å²) in [4.78, 5) is 17.9. The van der Waals surface area contributed by atoms with Crippen LogP contribution in [0, 0.1) is 0 Å².